The minimum absolute atomic E-state index is 0.0904. The first kappa shape index (κ1) is 21.0. The van der Waals surface area contributed by atoms with E-state index in [-0.39, 0.29) is 19.5 Å². The van der Waals surface area contributed by atoms with E-state index < -0.39 is 53.1 Å². The summed E-state index contributed by atoms with van der Waals surface area (Å²) in [4.78, 5) is 50.9. The first-order valence-electron chi connectivity index (χ1n) is 8.93. The maximum absolute atomic E-state index is 12.6. The molecule has 0 saturated carbocycles. The number of amides is 2. The lowest BCUT2D eigenvalue weighted by molar-refractivity contribution is -0.169. The highest BCUT2D eigenvalue weighted by Gasteiger charge is 2.61. The van der Waals surface area contributed by atoms with Crippen molar-refractivity contribution in [1.29, 1.82) is 0 Å². The van der Waals surface area contributed by atoms with E-state index in [2.05, 4.69) is 0 Å². The number of carbonyl (C=O) groups excluding carboxylic acids is 3. The van der Waals surface area contributed by atoms with Crippen LogP contribution in [0.4, 0.5) is 4.79 Å². The number of carbonyl (C=O) groups is 4. The normalized spacial score (nSPS) is 25.0. The molecule has 152 valence electrons. The molecule has 2 heterocycles. The monoisotopic (exact) mass is 384 g/mol. The van der Waals surface area contributed by atoms with Gasteiger partial charge in [-0.05, 0) is 41.5 Å². The van der Waals surface area contributed by atoms with Gasteiger partial charge >= 0.3 is 18.0 Å². The lowest BCUT2D eigenvalue weighted by atomic mass is 9.86. The number of ether oxygens (including phenoxy) is 2. The van der Waals surface area contributed by atoms with Crippen LogP contribution in [0, 0.1) is 5.92 Å². The average molecular weight is 384 g/mol. The predicted molar refractivity (Wildman–Crippen MR) is 93.8 cm³/mol. The number of esters is 1. The zero-order chi connectivity index (χ0) is 20.7. The van der Waals surface area contributed by atoms with E-state index in [0.717, 1.165) is 0 Å². The van der Waals surface area contributed by atoms with Crippen LogP contribution in [0.25, 0.3) is 0 Å². The minimum Gasteiger partial charge on any atom is -0.481 e. The Hall–Kier alpha value is -2.32. The van der Waals surface area contributed by atoms with Crippen LogP contribution in [-0.4, -0.2) is 75.2 Å². The molecule has 9 nitrogen and oxygen atoms in total. The van der Waals surface area contributed by atoms with Crippen LogP contribution in [0.1, 0.15) is 48.0 Å². The number of likely N-dealkylation sites (tertiary alicyclic amines) is 2. The molecule has 2 fully saturated rings. The second kappa shape index (κ2) is 7.01. The Morgan fingerprint density at radius 1 is 1.07 bits per heavy atom. The molecular formula is C18H28N2O7. The number of rotatable bonds is 4. The van der Waals surface area contributed by atoms with Gasteiger partial charge < -0.3 is 19.5 Å². The lowest BCUT2D eigenvalue weighted by Gasteiger charge is -2.46. The van der Waals surface area contributed by atoms with Gasteiger partial charge in [0.25, 0.3) is 0 Å². The molecule has 0 aromatic heterocycles. The highest BCUT2D eigenvalue weighted by atomic mass is 16.6. The summed E-state index contributed by atoms with van der Waals surface area (Å²) >= 11 is 0. The Kier molecular flexibility index (Phi) is 5.45. The van der Waals surface area contributed by atoms with Gasteiger partial charge in [0.2, 0.25) is 5.91 Å². The third-order valence-electron chi connectivity index (χ3n) is 4.25. The van der Waals surface area contributed by atoms with Gasteiger partial charge in [-0.1, -0.05) is 0 Å². The molecular weight excluding hydrogens is 356 g/mol. The number of aliphatic carboxylic acids is 1. The molecule has 0 aliphatic carbocycles. The lowest BCUT2D eigenvalue weighted by Crippen LogP contribution is -2.69. The smallest absolute Gasteiger partial charge is 0.411 e. The molecule has 3 atom stereocenters. The highest BCUT2D eigenvalue weighted by Crippen LogP contribution is 2.40. The number of hydrogen-bond acceptors (Lipinski definition) is 6. The zero-order valence-electron chi connectivity index (χ0n) is 16.6. The SMILES string of the molecule is CC(C)(C)OC(=O)CN1C(=O)C2C1C(CC(=O)O)CN2C(=O)OC(C)(C)C. The van der Waals surface area contributed by atoms with Gasteiger partial charge in [0.15, 0.2) is 0 Å². The molecule has 3 unspecified atom stereocenters. The summed E-state index contributed by atoms with van der Waals surface area (Å²) in [5.74, 6) is -2.47. The fraction of sp³-hybridized carbons (Fsp3) is 0.778. The molecule has 27 heavy (non-hydrogen) atoms. The Balaban J connectivity index is 2.15. The first-order valence-corrected chi connectivity index (χ1v) is 8.93. The predicted octanol–water partition coefficient (Wildman–Crippen LogP) is 1.25. The van der Waals surface area contributed by atoms with E-state index in [1.54, 1.807) is 41.5 Å². The van der Waals surface area contributed by atoms with E-state index in [4.69, 9.17) is 9.47 Å². The number of carboxylic acids is 1. The van der Waals surface area contributed by atoms with Crippen molar-refractivity contribution in [3.63, 3.8) is 0 Å². The zero-order valence-corrected chi connectivity index (χ0v) is 16.6. The maximum Gasteiger partial charge on any atom is 0.411 e. The summed E-state index contributed by atoms with van der Waals surface area (Å²) in [5.41, 5.74) is -1.43. The molecule has 0 aromatic carbocycles. The van der Waals surface area contributed by atoms with Gasteiger partial charge in [0, 0.05) is 12.5 Å². The first-order chi connectivity index (χ1) is 12.2. The Labute approximate surface area is 158 Å². The minimum atomic E-state index is -1.03. The summed E-state index contributed by atoms with van der Waals surface area (Å²) in [6.45, 7) is 10.1. The van der Waals surface area contributed by atoms with Crippen molar-refractivity contribution in [2.75, 3.05) is 13.1 Å². The van der Waals surface area contributed by atoms with Gasteiger partial charge in [-0.25, -0.2) is 4.79 Å². The highest BCUT2D eigenvalue weighted by molar-refractivity contribution is 5.96. The van der Waals surface area contributed by atoms with Crippen LogP contribution >= 0.6 is 0 Å². The summed E-state index contributed by atoms with van der Waals surface area (Å²) in [6.07, 6.45) is -0.867. The molecule has 0 spiro atoms. The van der Waals surface area contributed by atoms with Gasteiger partial charge in [0.05, 0.1) is 12.5 Å². The van der Waals surface area contributed by atoms with E-state index in [9.17, 15) is 24.3 Å². The second-order valence-corrected chi connectivity index (χ2v) is 8.98. The van der Waals surface area contributed by atoms with Gasteiger partial charge in [0.1, 0.15) is 23.8 Å². The summed E-state index contributed by atoms with van der Waals surface area (Å²) in [7, 11) is 0. The largest absolute Gasteiger partial charge is 0.481 e. The van der Waals surface area contributed by atoms with Crippen LogP contribution in [0.15, 0.2) is 0 Å². The van der Waals surface area contributed by atoms with Crippen molar-refractivity contribution >= 4 is 23.9 Å². The van der Waals surface area contributed by atoms with Crippen molar-refractivity contribution in [3.8, 4) is 0 Å². The van der Waals surface area contributed by atoms with Crippen molar-refractivity contribution < 1.29 is 33.8 Å². The van der Waals surface area contributed by atoms with Crippen LogP contribution in [0.3, 0.4) is 0 Å². The molecule has 2 aliphatic rings. The summed E-state index contributed by atoms with van der Waals surface area (Å²) < 4.78 is 10.6. The third kappa shape index (κ3) is 4.90. The summed E-state index contributed by atoms with van der Waals surface area (Å²) in [6, 6.07) is -1.33. The summed E-state index contributed by atoms with van der Waals surface area (Å²) in [5, 5.41) is 9.17. The molecule has 2 rings (SSSR count). The van der Waals surface area contributed by atoms with Crippen molar-refractivity contribution in [2.24, 2.45) is 5.92 Å². The molecule has 2 aliphatic heterocycles. The van der Waals surface area contributed by atoms with Crippen molar-refractivity contribution in [1.82, 2.24) is 9.80 Å². The van der Waals surface area contributed by atoms with Crippen LogP contribution in [-0.2, 0) is 23.9 Å². The number of hydrogen-bond donors (Lipinski definition) is 1. The van der Waals surface area contributed by atoms with E-state index in [1.807, 2.05) is 0 Å². The van der Waals surface area contributed by atoms with Crippen LogP contribution in [0.5, 0.6) is 0 Å². The Morgan fingerprint density at radius 3 is 2.11 bits per heavy atom. The topological polar surface area (TPSA) is 113 Å². The fourth-order valence-electron chi connectivity index (χ4n) is 3.47. The molecule has 0 radical (unpaired) electrons. The number of carboxylic acid groups (broad SMARTS) is 1. The quantitative estimate of drug-likeness (QED) is 0.573. The number of β-lactam (4-membered cyclic amide) rings is 1. The van der Waals surface area contributed by atoms with E-state index in [0.29, 0.717) is 0 Å². The van der Waals surface area contributed by atoms with Crippen molar-refractivity contribution in [3.05, 3.63) is 0 Å². The maximum atomic E-state index is 12.6. The van der Waals surface area contributed by atoms with E-state index in [1.165, 1.54) is 9.80 Å². The third-order valence-corrected chi connectivity index (χ3v) is 4.25. The van der Waals surface area contributed by atoms with Crippen LogP contribution < -0.4 is 0 Å². The van der Waals surface area contributed by atoms with Crippen molar-refractivity contribution in [2.45, 2.75) is 71.2 Å². The molecule has 2 saturated heterocycles. The molecule has 0 bridgehead atoms. The standard InChI is InChI=1S/C18H28N2O7/c1-17(2,3)26-12(23)9-19-13-10(7-11(21)22)8-20(14(13)15(19)24)16(25)27-18(4,5)6/h10,13-14H,7-9H2,1-6H3,(H,21,22). The molecule has 1 N–H and O–H groups in total. The molecule has 9 heteroatoms. The van der Waals surface area contributed by atoms with Gasteiger partial charge in [-0.2, -0.15) is 0 Å². The Morgan fingerprint density at radius 2 is 1.63 bits per heavy atom. The van der Waals surface area contributed by atoms with E-state index >= 15 is 0 Å². The Bertz CT molecular complexity index is 647. The molecule has 0 aromatic rings. The number of nitrogens with zero attached hydrogens (tertiary/aromatic N) is 2. The average Bonchev–Trinajstić information content (AvgIpc) is 2.75. The van der Waals surface area contributed by atoms with Gasteiger partial charge in [-0.15, -0.1) is 0 Å². The van der Waals surface area contributed by atoms with Gasteiger partial charge in [-0.3, -0.25) is 19.3 Å². The molecule has 2 amide bonds. The second-order valence-electron chi connectivity index (χ2n) is 8.98. The fourth-order valence-corrected chi connectivity index (χ4v) is 3.47. The van der Waals surface area contributed by atoms with Crippen LogP contribution in [0.2, 0.25) is 0 Å². The number of fused-ring (bicyclic) bond motifs is 1.